The molecule has 5 N–H and O–H groups in total. The van der Waals surface area contributed by atoms with E-state index in [1.807, 2.05) is 42.5 Å². The van der Waals surface area contributed by atoms with E-state index >= 15 is 0 Å². The van der Waals surface area contributed by atoms with Gasteiger partial charge >= 0.3 is 12.1 Å². The Morgan fingerprint density at radius 3 is 2.19 bits per heavy atom. The lowest BCUT2D eigenvalue weighted by molar-refractivity contribution is -0.192. The second-order valence-electron chi connectivity index (χ2n) is 9.86. The number of benzene rings is 3. The maximum atomic E-state index is 13.1. The maximum Gasteiger partial charge on any atom is 0.490 e. The average molecular weight is 584 g/mol. The maximum absolute atomic E-state index is 13.1. The van der Waals surface area contributed by atoms with Gasteiger partial charge in [0.1, 0.15) is 0 Å². The molecule has 0 radical (unpaired) electrons. The zero-order valence-electron chi connectivity index (χ0n) is 23.3. The monoisotopic (exact) mass is 583 g/mol. The molecule has 1 aliphatic rings. The number of fused-ring (bicyclic) bond motifs is 1. The Hall–Kier alpha value is -4.68. The molecule has 0 saturated heterocycles. The third-order valence-electron chi connectivity index (χ3n) is 6.18. The summed E-state index contributed by atoms with van der Waals surface area (Å²) in [6.45, 7) is 2.78. The number of hydrogen-bond donors (Lipinski definition) is 4. The van der Waals surface area contributed by atoms with E-state index in [-0.39, 0.29) is 5.91 Å². The molecule has 0 saturated carbocycles. The van der Waals surface area contributed by atoms with Crippen molar-refractivity contribution in [3.05, 3.63) is 95.1 Å². The molecule has 0 aliphatic carbocycles. The number of nitrogens with two attached hydrogens (primary N) is 1. The lowest BCUT2D eigenvalue weighted by atomic mass is 9.99. The van der Waals surface area contributed by atoms with Gasteiger partial charge in [-0.2, -0.15) is 13.2 Å². The van der Waals surface area contributed by atoms with Crippen LogP contribution < -0.4 is 16.4 Å². The summed E-state index contributed by atoms with van der Waals surface area (Å²) in [5.41, 5.74) is 11.3. The Morgan fingerprint density at radius 1 is 0.929 bits per heavy atom. The lowest BCUT2D eigenvalue weighted by Gasteiger charge is -2.20. The van der Waals surface area contributed by atoms with Gasteiger partial charge in [0.2, 0.25) is 5.91 Å². The van der Waals surface area contributed by atoms with Crippen LogP contribution in [0.25, 0.3) is 11.3 Å². The lowest BCUT2D eigenvalue weighted by Crippen LogP contribution is -2.28. The molecule has 42 heavy (non-hydrogen) atoms. The number of halogens is 3. The molecular formula is C30H32F3N5O4. The fourth-order valence-electron chi connectivity index (χ4n) is 4.11. The first-order valence-electron chi connectivity index (χ1n) is 12.8. The molecule has 0 atom stereocenters. The van der Waals surface area contributed by atoms with Gasteiger partial charge in [-0.25, -0.2) is 4.79 Å². The van der Waals surface area contributed by atoms with Crippen molar-refractivity contribution in [1.82, 2.24) is 9.80 Å². The number of aliphatic carboxylic acids is 1. The van der Waals surface area contributed by atoms with Crippen LogP contribution in [0.1, 0.15) is 27.0 Å². The van der Waals surface area contributed by atoms with Crippen molar-refractivity contribution in [1.29, 1.82) is 0 Å². The van der Waals surface area contributed by atoms with Gasteiger partial charge in [0, 0.05) is 42.1 Å². The Labute approximate surface area is 241 Å². The summed E-state index contributed by atoms with van der Waals surface area (Å²) in [6, 6.07) is 23.0. The smallest absolute Gasteiger partial charge is 0.475 e. The van der Waals surface area contributed by atoms with Crippen LogP contribution in [0.15, 0.2) is 72.8 Å². The fourth-order valence-corrected chi connectivity index (χ4v) is 4.11. The number of carbonyl (C=O) groups excluding carboxylic acids is 2. The van der Waals surface area contributed by atoms with Crippen LogP contribution in [0.2, 0.25) is 0 Å². The molecule has 0 bridgehead atoms. The van der Waals surface area contributed by atoms with Gasteiger partial charge in [0.25, 0.3) is 5.91 Å². The largest absolute Gasteiger partial charge is 0.490 e. The number of alkyl halides is 3. The topological polar surface area (TPSA) is 128 Å². The molecule has 3 aromatic carbocycles. The highest BCUT2D eigenvalue weighted by atomic mass is 19.4. The number of anilines is 2. The third-order valence-corrected chi connectivity index (χ3v) is 6.18. The Balaban J connectivity index is 0.000000616. The molecule has 0 aromatic heterocycles. The molecule has 9 nitrogen and oxygen atoms in total. The molecule has 0 unspecified atom stereocenters. The number of amides is 2. The van der Waals surface area contributed by atoms with Crippen LogP contribution in [0, 0.1) is 0 Å². The van der Waals surface area contributed by atoms with Crippen LogP contribution >= 0.6 is 0 Å². The summed E-state index contributed by atoms with van der Waals surface area (Å²) in [6.07, 6.45) is -5.08. The van der Waals surface area contributed by atoms with Crippen molar-refractivity contribution in [2.75, 3.05) is 44.9 Å². The first kappa shape index (κ1) is 31.8. The van der Waals surface area contributed by atoms with Gasteiger partial charge in [-0.15, -0.1) is 0 Å². The van der Waals surface area contributed by atoms with Crippen molar-refractivity contribution in [2.45, 2.75) is 12.7 Å². The number of nitrogens with one attached hydrogen (secondary N) is 2. The molecule has 12 heteroatoms. The fraction of sp³-hybridized carbons (Fsp3) is 0.233. The van der Waals surface area contributed by atoms with Crippen LogP contribution in [-0.4, -0.2) is 73.1 Å². The second-order valence-corrected chi connectivity index (χ2v) is 9.86. The van der Waals surface area contributed by atoms with Crippen molar-refractivity contribution in [3.8, 4) is 0 Å². The van der Waals surface area contributed by atoms with E-state index < -0.39 is 18.1 Å². The standard InChI is InChI=1S/C28H31N5O2.C2HF3O2/c1-32(2)14-15-33(3)18-19-8-7-11-22(16-19)30-26(20-9-5-4-6-10-20)25-23-13-12-21(27(29)34)17-24(23)31-28(25)35;3-2(4,5)1(6)7/h4-13,16-17,30H,14-15,18H2,1-3H3,(H2,29,34)(H,31,35);(H,6,7). The summed E-state index contributed by atoms with van der Waals surface area (Å²) < 4.78 is 31.7. The van der Waals surface area contributed by atoms with Crippen LogP contribution in [0.4, 0.5) is 24.5 Å². The van der Waals surface area contributed by atoms with Crippen molar-refractivity contribution in [3.63, 3.8) is 0 Å². The Kier molecular flexibility index (Phi) is 10.5. The predicted molar refractivity (Wildman–Crippen MR) is 155 cm³/mol. The third kappa shape index (κ3) is 8.66. The summed E-state index contributed by atoms with van der Waals surface area (Å²) in [4.78, 5) is 38.1. The van der Waals surface area contributed by atoms with Gasteiger partial charge in [-0.1, -0.05) is 48.5 Å². The van der Waals surface area contributed by atoms with Crippen LogP contribution in [0.3, 0.4) is 0 Å². The number of likely N-dealkylation sites (N-methyl/N-ethyl adjacent to an activating group) is 2. The molecule has 222 valence electrons. The van der Waals surface area contributed by atoms with Crippen LogP contribution in [0.5, 0.6) is 0 Å². The molecule has 0 spiro atoms. The number of rotatable bonds is 9. The zero-order valence-corrected chi connectivity index (χ0v) is 23.3. The quantitative estimate of drug-likeness (QED) is 0.276. The highest BCUT2D eigenvalue weighted by molar-refractivity contribution is 6.37. The molecule has 1 aliphatic heterocycles. The number of nitrogens with zero attached hydrogens (tertiary/aromatic N) is 2. The first-order valence-corrected chi connectivity index (χ1v) is 12.8. The Morgan fingerprint density at radius 2 is 1.60 bits per heavy atom. The van der Waals surface area contributed by atoms with E-state index in [4.69, 9.17) is 15.6 Å². The molecule has 3 aromatic rings. The first-order chi connectivity index (χ1) is 19.8. The van der Waals surface area contributed by atoms with Gasteiger partial charge in [0.15, 0.2) is 0 Å². The zero-order chi connectivity index (χ0) is 31.0. The summed E-state index contributed by atoms with van der Waals surface area (Å²) >= 11 is 0. The molecule has 1 heterocycles. The van der Waals surface area contributed by atoms with Crippen molar-refractivity contribution < 1.29 is 32.7 Å². The second kappa shape index (κ2) is 13.8. The summed E-state index contributed by atoms with van der Waals surface area (Å²) in [5.74, 6) is -3.52. The van der Waals surface area contributed by atoms with E-state index in [0.29, 0.717) is 22.5 Å². The molecule has 4 rings (SSSR count). The highest BCUT2D eigenvalue weighted by Gasteiger charge is 2.38. The van der Waals surface area contributed by atoms with E-state index in [1.54, 1.807) is 18.2 Å². The van der Waals surface area contributed by atoms with E-state index in [1.165, 1.54) is 5.56 Å². The number of hydrogen-bond acceptors (Lipinski definition) is 6. The summed E-state index contributed by atoms with van der Waals surface area (Å²) in [5, 5.41) is 13.5. The number of carboxylic acids is 1. The minimum Gasteiger partial charge on any atom is -0.475 e. The normalized spacial score (nSPS) is 13.7. The number of carbonyl (C=O) groups is 3. The van der Waals surface area contributed by atoms with E-state index in [9.17, 15) is 22.8 Å². The minimum atomic E-state index is -5.08. The van der Waals surface area contributed by atoms with Gasteiger partial charge in [0.05, 0.1) is 11.3 Å². The average Bonchev–Trinajstić information content (AvgIpc) is 3.25. The Bertz CT molecular complexity index is 1470. The van der Waals surface area contributed by atoms with Crippen LogP contribution in [-0.2, 0) is 16.1 Å². The molecule has 0 fully saturated rings. The number of primary amides is 1. The van der Waals surface area contributed by atoms with Crippen molar-refractivity contribution >= 4 is 40.4 Å². The highest BCUT2D eigenvalue weighted by Crippen LogP contribution is 2.38. The number of carboxylic acid groups (broad SMARTS) is 1. The predicted octanol–water partition coefficient (Wildman–Crippen LogP) is 4.34. The molecular weight excluding hydrogens is 551 g/mol. The molecule has 2 amide bonds. The van der Waals surface area contributed by atoms with Gasteiger partial charge in [-0.05, 0) is 56.5 Å². The van der Waals surface area contributed by atoms with E-state index in [2.05, 4.69) is 53.7 Å². The van der Waals surface area contributed by atoms with E-state index in [0.717, 1.165) is 36.4 Å². The summed E-state index contributed by atoms with van der Waals surface area (Å²) in [7, 11) is 6.26. The van der Waals surface area contributed by atoms with Crippen molar-refractivity contribution in [2.24, 2.45) is 5.73 Å². The SMILES string of the molecule is CN(C)CCN(C)Cc1cccc(NC(=C2C(=O)Nc3cc(C(N)=O)ccc32)c2ccccc2)c1.O=C(O)C(F)(F)F. The van der Waals surface area contributed by atoms with Gasteiger partial charge < -0.3 is 31.3 Å². The van der Waals surface area contributed by atoms with Gasteiger partial charge in [-0.3, -0.25) is 9.59 Å². The minimum absolute atomic E-state index is 0.229.